The molecule has 1 heterocycles. The summed E-state index contributed by atoms with van der Waals surface area (Å²) < 4.78 is 11.7. The summed E-state index contributed by atoms with van der Waals surface area (Å²) in [6.07, 6.45) is 0. The lowest BCUT2D eigenvalue weighted by atomic mass is 10.1. The number of carbonyl (C=O) groups excluding carboxylic acids is 1. The van der Waals surface area contributed by atoms with E-state index >= 15 is 0 Å². The average molecular weight is 287 g/mol. The molecule has 2 rings (SSSR count). The van der Waals surface area contributed by atoms with Gasteiger partial charge in [0.05, 0.1) is 10.7 Å². The van der Waals surface area contributed by atoms with E-state index in [1.54, 1.807) is 24.3 Å². The Kier molecular flexibility index (Phi) is 4.74. The SMILES string of the molecule is O=C(CS(=O)CC1CNC1)Nc1ccccc1Cl. The highest BCUT2D eigenvalue weighted by Crippen LogP contribution is 2.20. The summed E-state index contributed by atoms with van der Waals surface area (Å²) in [5, 5.41) is 6.27. The molecule has 98 valence electrons. The fraction of sp³-hybridized carbons (Fsp3) is 0.417. The van der Waals surface area contributed by atoms with Crippen molar-refractivity contribution in [2.45, 2.75) is 0 Å². The van der Waals surface area contributed by atoms with Gasteiger partial charge < -0.3 is 10.6 Å². The fourth-order valence-corrected chi connectivity index (χ4v) is 3.11. The third-order valence-corrected chi connectivity index (χ3v) is 4.48. The molecule has 1 aliphatic rings. The highest BCUT2D eigenvalue weighted by molar-refractivity contribution is 7.85. The Morgan fingerprint density at radius 1 is 1.44 bits per heavy atom. The van der Waals surface area contributed by atoms with E-state index in [0.29, 0.717) is 22.4 Å². The molecule has 0 radical (unpaired) electrons. The number of nitrogens with one attached hydrogen (secondary N) is 2. The van der Waals surface area contributed by atoms with Gasteiger partial charge in [0.2, 0.25) is 5.91 Å². The van der Waals surface area contributed by atoms with E-state index in [0.717, 1.165) is 13.1 Å². The zero-order chi connectivity index (χ0) is 13.0. The molecule has 0 saturated carbocycles. The van der Waals surface area contributed by atoms with Gasteiger partial charge in [-0.05, 0) is 18.1 Å². The molecule has 0 aromatic heterocycles. The smallest absolute Gasteiger partial charge is 0.237 e. The van der Waals surface area contributed by atoms with Crippen molar-refractivity contribution in [3.8, 4) is 0 Å². The van der Waals surface area contributed by atoms with E-state index in [4.69, 9.17) is 11.6 Å². The Morgan fingerprint density at radius 2 is 2.17 bits per heavy atom. The molecule has 0 aliphatic carbocycles. The molecule has 1 aromatic carbocycles. The minimum Gasteiger partial charge on any atom is -0.324 e. The molecular weight excluding hydrogens is 272 g/mol. The molecule has 1 aliphatic heterocycles. The maximum Gasteiger partial charge on any atom is 0.237 e. The predicted molar refractivity (Wildman–Crippen MR) is 74.3 cm³/mol. The van der Waals surface area contributed by atoms with Crippen LogP contribution in [-0.4, -0.2) is 34.7 Å². The first-order valence-corrected chi connectivity index (χ1v) is 7.62. The lowest BCUT2D eigenvalue weighted by Crippen LogP contribution is -2.45. The van der Waals surface area contributed by atoms with Crippen LogP contribution in [0.4, 0.5) is 5.69 Å². The number of benzene rings is 1. The number of amides is 1. The summed E-state index contributed by atoms with van der Waals surface area (Å²) in [5.41, 5.74) is 0.562. The van der Waals surface area contributed by atoms with E-state index in [1.807, 2.05) is 0 Å². The largest absolute Gasteiger partial charge is 0.324 e. The van der Waals surface area contributed by atoms with Crippen molar-refractivity contribution in [1.29, 1.82) is 0 Å². The van der Waals surface area contributed by atoms with Gasteiger partial charge in [-0.25, -0.2) is 0 Å². The van der Waals surface area contributed by atoms with Gasteiger partial charge in [-0.15, -0.1) is 0 Å². The molecule has 0 spiro atoms. The Balaban J connectivity index is 1.81. The van der Waals surface area contributed by atoms with Crippen molar-refractivity contribution in [2.75, 3.05) is 29.9 Å². The Bertz CT molecular complexity index is 463. The normalized spacial score (nSPS) is 16.9. The van der Waals surface area contributed by atoms with Crippen molar-refractivity contribution in [1.82, 2.24) is 5.32 Å². The summed E-state index contributed by atoms with van der Waals surface area (Å²) in [7, 11) is -1.10. The Morgan fingerprint density at radius 3 is 2.78 bits per heavy atom. The third-order valence-electron chi connectivity index (χ3n) is 2.73. The van der Waals surface area contributed by atoms with Gasteiger partial charge in [0, 0.05) is 29.6 Å². The fourth-order valence-electron chi connectivity index (χ4n) is 1.68. The highest BCUT2D eigenvalue weighted by Gasteiger charge is 2.20. The van der Waals surface area contributed by atoms with Crippen LogP contribution in [0.15, 0.2) is 24.3 Å². The van der Waals surface area contributed by atoms with Gasteiger partial charge >= 0.3 is 0 Å². The van der Waals surface area contributed by atoms with Gasteiger partial charge in [-0.2, -0.15) is 0 Å². The summed E-state index contributed by atoms with van der Waals surface area (Å²) >= 11 is 5.92. The first-order chi connectivity index (χ1) is 8.65. The van der Waals surface area contributed by atoms with Crippen molar-refractivity contribution in [3.05, 3.63) is 29.3 Å². The number of para-hydroxylation sites is 1. The molecule has 1 atom stereocenters. The summed E-state index contributed by atoms with van der Waals surface area (Å²) in [5.74, 6) is 0.803. The molecule has 1 aromatic rings. The number of hydrogen-bond acceptors (Lipinski definition) is 3. The van der Waals surface area contributed by atoms with E-state index in [2.05, 4.69) is 10.6 Å². The molecule has 2 N–H and O–H groups in total. The van der Waals surface area contributed by atoms with Crippen LogP contribution in [0.2, 0.25) is 5.02 Å². The van der Waals surface area contributed by atoms with E-state index in [-0.39, 0.29) is 11.7 Å². The second kappa shape index (κ2) is 6.31. The van der Waals surface area contributed by atoms with Crippen LogP contribution >= 0.6 is 11.6 Å². The number of hydrogen-bond donors (Lipinski definition) is 2. The van der Waals surface area contributed by atoms with Crippen LogP contribution in [0.25, 0.3) is 0 Å². The highest BCUT2D eigenvalue weighted by atomic mass is 35.5. The van der Waals surface area contributed by atoms with Crippen LogP contribution in [0.1, 0.15) is 0 Å². The van der Waals surface area contributed by atoms with Crippen LogP contribution in [0, 0.1) is 5.92 Å². The lowest BCUT2D eigenvalue weighted by molar-refractivity contribution is -0.113. The van der Waals surface area contributed by atoms with E-state index in [1.165, 1.54) is 0 Å². The summed E-state index contributed by atoms with van der Waals surface area (Å²) in [6, 6.07) is 7.01. The quantitative estimate of drug-likeness (QED) is 0.856. The topological polar surface area (TPSA) is 58.2 Å². The first-order valence-electron chi connectivity index (χ1n) is 5.75. The summed E-state index contributed by atoms with van der Waals surface area (Å²) in [6.45, 7) is 1.80. The van der Waals surface area contributed by atoms with Gasteiger partial charge in [-0.1, -0.05) is 23.7 Å². The second-order valence-corrected chi connectivity index (χ2v) is 6.21. The average Bonchev–Trinajstić information content (AvgIpc) is 2.27. The van der Waals surface area contributed by atoms with Gasteiger partial charge in [0.25, 0.3) is 0 Å². The number of carbonyl (C=O) groups is 1. The van der Waals surface area contributed by atoms with Gasteiger partial charge in [-0.3, -0.25) is 9.00 Å². The standard InChI is InChI=1S/C12H15ClN2O2S/c13-10-3-1-2-4-11(10)15-12(16)8-18(17)7-9-5-14-6-9/h1-4,9,14H,5-8H2,(H,15,16). The molecular formula is C12H15ClN2O2S. The third kappa shape index (κ3) is 3.80. The van der Waals surface area contributed by atoms with Crippen molar-refractivity contribution in [2.24, 2.45) is 5.92 Å². The lowest BCUT2D eigenvalue weighted by Gasteiger charge is -2.26. The molecule has 6 heteroatoms. The van der Waals surface area contributed by atoms with Crippen LogP contribution in [0.3, 0.4) is 0 Å². The molecule has 1 unspecified atom stereocenters. The maximum atomic E-state index is 11.7. The summed E-state index contributed by atoms with van der Waals surface area (Å²) in [4.78, 5) is 11.7. The maximum absolute atomic E-state index is 11.7. The van der Waals surface area contributed by atoms with Crippen molar-refractivity contribution < 1.29 is 9.00 Å². The molecule has 1 fully saturated rings. The molecule has 0 bridgehead atoms. The molecule has 18 heavy (non-hydrogen) atoms. The number of rotatable bonds is 5. The zero-order valence-corrected chi connectivity index (χ0v) is 11.4. The van der Waals surface area contributed by atoms with Gasteiger partial charge in [0.1, 0.15) is 5.75 Å². The minimum absolute atomic E-state index is 0.0295. The predicted octanol–water partition coefficient (Wildman–Crippen LogP) is 1.25. The molecule has 1 amide bonds. The van der Waals surface area contributed by atoms with Gasteiger partial charge in [0.15, 0.2) is 0 Å². The van der Waals surface area contributed by atoms with E-state index < -0.39 is 10.8 Å². The Labute approximate surface area is 114 Å². The monoisotopic (exact) mass is 286 g/mol. The molecule has 1 saturated heterocycles. The zero-order valence-electron chi connectivity index (χ0n) is 9.82. The minimum atomic E-state index is -1.10. The molecule has 4 nitrogen and oxygen atoms in total. The van der Waals surface area contributed by atoms with Crippen molar-refractivity contribution >= 4 is 34.0 Å². The second-order valence-electron chi connectivity index (χ2n) is 4.30. The van der Waals surface area contributed by atoms with Crippen LogP contribution in [0.5, 0.6) is 0 Å². The Hall–Kier alpha value is -0.910. The van der Waals surface area contributed by atoms with E-state index in [9.17, 15) is 9.00 Å². The number of anilines is 1. The number of halogens is 1. The first kappa shape index (κ1) is 13.5. The van der Waals surface area contributed by atoms with Crippen LogP contribution < -0.4 is 10.6 Å². The van der Waals surface area contributed by atoms with Crippen molar-refractivity contribution in [3.63, 3.8) is 0 Å². The van der Waals surface area contributed by atoms with Crippen LogP contribution in [-0.2, 0) is 15.6 Å².